The van der Waals surface area contributed by atoms with E-state index in [2.05, 4.69) is 18.2 Å². The van der Waals surface area contributed by atoms with Gasteiger partial charge in [-0.05, 0) is 68.4 Å². The second kappa shape index (κ2) is 8.89. The van der Waals surface area contributed by atoms with Gasteiger partial charge in [-0.25, -0.2) is 0 Å². The van der Waals surface area contributed by atoms with Crippen molar-refractivity contribution < 1.29 is 14.3 Å². The van der Waals surface area contributed by atoms with Gasteiger partial charge in [0.1, 0.15) is 11.5 Å². The number of likely N-dealkylation sites (tertiary alicyclic amines) is 1. The Labute approximate surface area is 173 Å². The Morgan fingerprint density at radius 2 is 1.83 bits per heavy atom. The minimum Gasteiger partial charge on any atom is -0.494 e. The zero-order valence-corrected chi connectivity index (χ0v) is 17.3. The van der Waals surface area contributed by atoms with Crippen molar-refractivity contribution in [2.24, 2.45) is 5.92 Å². The molecule has 0 N–H and O–H groups in total. The molecule has 2 aliphatic rings. The summed E-state index contributed by atoms with van der Waals surface area (Å²) in [6.45, 7) is 4.47. The topological polar surface area (TPSA) is 38.8 Å². The Morgan fingerprint density at radius 1 is 1.03 bits per heavy atom. The third kappa shape index (κ3) is 4.26. The van der Waals surface area contributed by atoms with Gasteiger partial charge in [-0.1, -0.05) is 36.8 Å². The molecule has 2 fully saturated rings. The highest BCUT2D eigenvalue weighted by molar-refractivity contribution is 5.77. The van der Waals surface area contributed by atoms with Crippen LogP contribution in [0.5, 0.6) is 11.5 Å². The Morgan fingerprint density at radius 3 is 2.66 bits per heavy atom. The van der Waals surface area contributed by atoms with E-state index in [0.717, 1.165) is 37.4 Å². The van der Waals surface area contributed by atoms with E-state index in [9.17, 15) is 4.79 Å². The van der Waals surface area contributed by atoms with Crippen LogP contribution in [0.15, 0.2) is 54.6 Å². The van der Waals surface area contributed by atoms with Gasteiger partial charge in [0.05, 0.1) is 6.61 Å². The predicted molar refractivity (Wildman–Crippen MR) is 114 cm³/mol. The van der Waals surface area contributed by atoms with Gasteiger partial charge >= 0.3 is 0 Å². The van der Waals surface area contributed by atoms with Gasteiger partial charge in [0.2, 0.25) is 0 Å². The van der Waals surface area contributed by atoms with E-state index in [-0.39, 0.29) is 17.9 Å². The molecule has 1 saturated heterocycles. The van der Waals surface area contributed by atoms with Gasteiger partial charge in [0.25, 0.3) is 5.91 Å². The molecule has 1 aliphatic carbocycles. The van der Waals surface area contributed by atoms with Crippen LogP contribution in [0.2, 0.25) is 0 Å². The molecule has 0 radical (unpaired) electrons. The number of para-hydroxylation sites is 1. The number of ether oxygens (including phenoxy) is 2. The molecule has 2 aromatic carbocycles. The van der Waals surface area contributed by atoms with Crippen molar-refractivity contribution >= 4 is 5.91 Å². The number of carbonyl (C=O) groups is 1. The van der Waals surface area contributed by atoms with Crippen LogP contribution >= 0.6 is 0 Å². The van der Waals surface area contributed by atoms with E-state index in [0.29, 0.717) is 12.5 Å². The monoisotopic (exact) mass is 393 g/mol. The average molecular weight is 394 g/mol. The van der Waals surface area contributed by atoms with Gasteiger partial charge in [0, 0.05) is 18.5 Å². The van der Waals surface area contributed by atoms with Crippen LogP contribution in [0.4, 0.5) is 0 Å². The highest BCUT2D eigenvalue weighted by Gasteiger charge is 2.46. The molecule has 154 valence electrons. The number of rotatable bonds is 6. The summed E-state index contributed by atoms with van der Waals surface area (Å²) in [6, 6.07) is 18.2. The fourth-order valence-corrected chi connectivity index (χ4v) is 5.25. The second-order valence-electron chi connectivity index (χ2n) is 8.25. The summed E-state index contributed by atoms with van der Waals surface area (Å²) >= 11 is 0. The van der Waals surface area contributed by atoms with E-state index in [1.165, 1.54) is 24.8 Å². The SMILES string of the molecule is CCOc1cccc(C23CCCC2CN(C(=O)COc2ccccc2)CCC3)c1. The average Bonchev–Trinajstić information content (AvgIpc) is 3.07. The van der Waals surface area contributed by atoms with Gasteiger partial charge in [-0.15, -0.1) is 0 Å². The van der Waals surface area contributed by atoms with Gasteiger partial charge in [-0.2, -0.15) is 0 Å². The van der Waals surface area contributed by atoms with E-state index in [4.69, 9.17) is 9.47 Å². The lowest BCUT2D eigenvalue weighted by atomic mass is 9.69. The summed E-state index contributed by atoms with van der Waals surface area (Å²) in [5.74, 6) is 2.30. The first-order chi connectivity index (χ1) is 14.2. The highest BCUT2D eigenvalue weighted by atomic mass is 16.5. The van der Waals surface area contributed by atoms with Crippen molar-refractivity contribution in [3.05, 3.63) is 60.2 Å². The van der Waals surface area contributed by atoms with Crippen LogP contribution in [-0.2, 0) is 10.2 Å². The number of fused-ring (bicyclic) bond motifs is 1. The number of hydrogen-bond donors (Lipinski definition) is 0. The Balaban J connectivity index is 1.47. The lowest BCUT2D eigenvalue weighted by Gasteiger charge is -2.36. The first kappa shape index (κ1) is 19.8. The van der Waals surface area contributed by atoms with Crippen LogP contribution in [-0.4, -0.2) is 37.1 Å². The third-order valence-electron chi connectivity index (χ3n) is 6.63. The Bertz CT molecular complexity index is 822. The largest absolute Gasteiger partial charge is 0.494 e. The molecule has 2 atom stereocenters. The summed E-state index contributed by atoms with van der Waals surface area (Å²) in [7, 11) is 0. The van der Waals surface area contributed by atoms with Crippen molar-refractivity contribution in [3.8, 4) is 11.5 Å². The molecule has 4 heteroatoms. The smallest absolute Gasteiger partial charge is 0.260 e. The minimum atomic E-state index is 0.0969. The Hall–Kier alpha value is -2.49. The molecule has 2 unspecified atom stereocenters. The van der Waals surface area contributed by atoms with Crippen LogP contribution in [0, 0.1) is 5.92 Å². The highest BCUT2D eigenvalue weighted by Crippen LogP contribution is 2.51. The summed E-state index contributed by atoms with van der Waals surface area (Å²) < 4.78 is 11.5. The fourth-order valence-electron chi connectivity index (χ4n) is 5.25. The molecule has 4 nitrogen and oxygen atoms in total. The molecular weight excluding hydrogens is 362 g/mol. The number of carbonyl (C=O) groups excluding carboxylic acids is 1. The maximum absolute atomic E-state index is 12.9. The van der Waals surface area contributed by atoms with Crippen molar-refractivity contribution in [2.45, 2.75) is 44.4 Å². The van der Waals surface area contributed by atoms with Crippen LogP contribution in [0.25, 0.3) is 0 Å². The number of benzene rings is 2. The van der Waals surface area contributed by atoms with E-state index >= 15 is 0 Å². The van der Waals surface area contributed by atoms with Crippen molar-refractivity contribution in [3.63, 3.8) is 0 Å². The van der Waals surface area contributed by atoms with E-state index < -0.39 is 0 Å². The van der Waals surface area contributed by atoms with Gasteiger partial charge in [0.15, 0.2) is 6.61 Å². The number of hydrogen-bond acceptors (Lipinski definition) is 3. The molecule has 0 bridgehead atoms. The first-order valence-electron chi connectivity index (χ1n) is 10.9. The molecule has 1 heterocycles. The van der Waals surface area contributed by atoms with Crippen molar-refractivity contribution in [2.75, 3.05) is 26.3 Å². The maximum Gasteiger partial charge on any atom is 0.260 e. The second-order valence-corrected chi connectivity index (χ2v) is 8.25. The van der Waals surface area contributed by atoms with Gasteiger partial charge in [-0.3, -0.25) is 4.79 Å². The molecular formula is C25H31NO3. The summed E-state index contributed by atoms with van der Waals surface area (Å²) in [5.41, 5.74) is 1.56. The lowest BCUT2D eigenvalue weighted by molar-refractivity contribution is -0.133. The number of nitrogens with zero attached hydrogens (tertiary/aromatic N) is 1. The van der Waals surface area contributed by atoms with Gasteiger partial charge < -0.3 is 14.4 Å². The first-order valence-corrected chi connectivity index (χ1v) is 10.9. The third-order valence-corrected chi connectivity index (χ3v) is 6.63. The van der Waals surface area contributed by atoms with E-state index in [1.807, 2.05) is 48.2 Å². The molecule has 0 aromatic heterocycles. The zero-order valence-electron chi connectivity index (χ0n) is 17.3. The molecule has 1 saturated carbocycles. The standard InChI is InChI=1S/C25H31NO3/c1-2-28-23-13-6-9-20(17-23)25-14-7-10-21(25)18-26(16-8-15-25)24(27)19-29-22-11-4-3-5-12-22/h3-6,9,11-13,17,21H,2,7-8,10,14-16,18-19H2,1H3. The Kier molecular flexibility index (Phi) is 6.08. The predicted octanol–water partition coefficient (Wildman–Crippen LogP) is 4.82. The summed E-state index contributed by atoms with van der Waals surface area (Å²) in [5, 5.41) is 0. The molecule has 29 heavy (non-hydrogen) atoms. The minimum absolute atomic E-state index is 0.0969. The van der Waals surface area contributed by atoms with Crippen LogP contribution < -0.4 is 9.47 Å². The normalized spacial score (nSPS) is 23.9. The molecule has 2 aromatic rings. The zero-order chi connectivity index (χ0) is 20.1. The number of amides is 1. The van der Waals surface area contributed by atoms with Crippen LogP contribution in [0.1, 0.15) is 44.6 Å². The van der Waals surface area contributed by atoms with E-state index in [1.54, 1.807) is 0 Å². The molecule has 0 spiro atoms. The summed E-state index contributed by atoms with van der Waals surface area (Å²) in [6.07, 6.45) is 5.78. The molecule has 1 amide bonds. The molecule has 1 aliphatic heterocycles. The quantitative estimate of drug-likeness (QED) is 0.706. The fraction of sp³-hybridized carbons (Fsp3) is 0.480. The maximum atomic E-state index is 12.9. The van der Waals surface area contributed by atoms with Crippen molar-refractivity contribution in [1.82, 2.24) is 4.90 Å². The van der Waals surface area contributed by atoms with Crippen molar-refractivity contribution in [1.29, 1.82) is 0 Å². The lowest BCUT2D eigenvalue weighted by Crippen LogP contribution is -2.40. The molecule has 4 rings (SSSR count). The summed E-state index contributed by atoms with van der Waals surface area (Å²) in [4.78, 5) is 14.9. The van der Waals surface area contributed by atoms with Crippen LogP contribution in [0.3, 0.4) is 0 Å².